The highest BCUT2D eigenvalue weighted by Crippen LogP contribution is 2.41. The number of oxazole rings is 1. The first-order valence-electron chi connectivity index (χ1n) is 9.37. The molecule has 0 spiro atoms. The molecule has 2 aromatic heterocycles. The summed E-state index contributed by atoms with van der Waals surface area (Å²) < 4.78 is 11.0. The molecule has 154 valence electrons. The van der Waals surface area contributed by atoms with Gasteiger partial charge in [0.05, 0.1) is 16.4 Å². The number of ketones is 1. The number of benzene rings is 1. The van der Waals surface area contributed by atoms with Crippen LogP contribution in [0.4, 0.5) is 0 Å². The molecule has 1 unspecified atom stereocenters. The maximum Gasteiger partial charge on any atom is 0.244 e. The number of Topliss-reactive ketones (excluding diaryl/α,β-unsaturated/α-hetero) is 1. The molecular formula is C22H19ClN2O4S. The second kappa shape index (κ2) is 8.45. The third-order valence-electron chi connectivity index (χ3n) is 4.64. The highest BCUT2D eigenvalue weighted by Gasteiger charge is 2.26. The van der Waals surface area contributed by atoms with Gasteiger partial charge >= 0.3 is 0 Å². The van der Waals surface area contributed by atoms with Gasteiger partial charge in [0.1, 0.15) is 23.8 Å². The van der Waals surface area contributed by atoms with Gasteiger partial charge < -0.3 is 14.5 Å². The first-order valence-corrected chi connectivity index (χ1v) is 10.6. The Morgan fingerprint density at radius 2 is 2.20 bits per heavy atom. The maximum absolute atomic E-state index is 12.1. The number of amides is 1. The van der Waals surface area contributed by atoms with Crippen molar-refractivity contribution in [1.82, 2.24) is 10.3 Å². The van der Waals surface area contributed by atoms with Crippen molar-refractivity contribution in [3.63, 3.8) is 0 Å². The van der Waals surface area contributed by atoms with Crippen molar-refractivity contribution in [2.24, 2.45) is 0 Å². The van der Waals surface area contributed by atoms with Gasteiger partial charge in [-0.15, -0.1) is 11.3 Å². The van der Waals surface area contributed by atoms with Gasteiger partial charge in [-0.1, -0.05) is 11.6 Å². The van der Waals surface area contributed by atoms with Crippen molar-refractivity contribution in [2.45, 2.75) is 26.4 Å². The normalized spacial score (nSPS) is 15.2. The Hall–Kier alpha value is -2.90. The van der Waals surface area contributed by atoms with Gasteiger partial charge in [-0.3, -0.25) is 9.59 Å². The highest BCUT2D eigenvalue weighted by molar-refractivity contribution is 7.17. The number of rotatable bonds is 6. The quantitative estimate of drug-likeness (QED) is 0.442. The molecule has 0 aliphatic carbocycles. The Kier molecular flexibility index (Phi) is 5.74. The minimum atomic E-state index is -0.239. The molecule has 1 N–H and O–H groups in total. The number of aryl methyl sites for hydroxylation is 1. The van der Waals surface area contributed by atoms with Gasteiger partial charge in [0.25, 0.3) is 0 Å². The number of thiophene rings is 1. The van der Waals surface area contributed by atoms with Crippen LogP contribution < -0.4 is 10.1 Å². The molecule has 1 aliphatic heterocycles. The third-order valence-corrected chi connectivity index (χ3v) is 6.15. The Morgan fingerprint density at radius 3 is 2.90 bits per heavy atom. The second-order valence-electron chi connectivity index (χ2n) is 6.98. The number of ether oxygens (including phenoxy) is 1. The van der Waals surface area contributed by atoms with Crippen LogP contribution in [0, 0.1) is 6.92 Å². The number of aromatic nitrogens is 1. The maximum atomic E-state index is 12.1. The largest absolute Gasteiger partial charge is 0.486 e. The summed E-state index contributed by atoms with van der Waals surface area (Å²) in [5, 5.41) is 3.35. The fourth-order valence-corrected chi connectivity index (χ4v) is 4.39. The minimum Gasteiger partial charge on any atom is -0.486 e. The van der Waals surface area contributed by atoms with E-state index in [1.54, 1.807) is 19.9 Å². The standard InChI is InChI=1S/C22H19ClN2O4S/c1-12(26)19-4-5-20(30-19)14-7-15-8-17(29-22(15)18(23)9-14)10-24-21(27)6-3-16-11-28-13(2)25-16/h3-7,9,11,17H,8,10H2,1-2H3,(H,24,27)/b6-3+. The molecule has 1 aromatic carbocycles. The lowest BCUT2D eigenvalue weighted by atomic mass is 10.1. The van der Waals surface area contributed by atoms with Crippen LogP contribution in [0.25, 0.3) is 16.5 Å². The summed E-state index contributed by atoms with van der Waals surface area (Å²) in [6.07, 6.45) is 4.93. The fraction of sp³-hybridized carbons (Fsp3) is 0.227. The Morgan fingerprint density at radius 1 is 1.37 bits per heavy atom. The molecule has 1 atom stereocenters. The van der Waals surface area contributed by atoms with E-state index in [-0.39, 0.29) is 17.8 Å². The molecule has 4 rings (SSSR count). The molecule has 1 amide bonds. The zero-order valence-corrected chi connectivity index (χ0v) is 18.0. The molecule has 0 fully saturated rings. The van der Waals surface area contributed by atoms with E-state index in [9.17, 15) is 9.59 Å². The van der Waals surface area contributed by atoms with E-state index in [4.69, 9.17) is 20.8 Å². The first kappa shape index (κ1) is 20.4. The second-order valence-corrected chi connectivity index (χ2v) is 8.47. The SMILES string of the molecule is CC(=O)c1ccc(-c2cc(Cl)c3c(c2)CC(CNC(=O)/C=C/c2coc(C)n2)O3)s1. The molecule has 30 heavy (non-hydrogen) atoms. The average molecular weight is 443 g/mol. The van der Waals surface area contributed by atoms with Crippen LogP contribution in [0.1, 0.15) is 33.7 Å². The molecule has 3 heterocycles. The summed E-state index contributed by atoms with van der Waals surface area (Å²) >= 11 is 7.88. The van der Waals surface area contributed by atoms with Gasteiger partial charge in [0.2, 0.25) is 5.91 Å². The van der Waals surface area contributed by atoms with Gasteiger partial charge in [-0.25, -0.2) is 4.98 Å². The summed E-state index contributed by atoms with van der Waals surface area (Å²) in [7, 11) is 0. The Balaban J connectivity index is 1.39. The smallest absolute Gasteiger partial charge is 0.244 e. The number of nitrogens with zero attached hydrogens (tertiary/aromatic N) is 1. The molecule has 0 bridgehead atoms. The van der Waals surface area contributed by atoms with Crippen LogP contribution in [-0.4, -0.2) is 29.3 Å². The zero-order chi connectivity index (χ0) is 21.3. The number of nitrogens with one attached hydrogen (secondary N) is 1. The van der Waals surface area contributed by atoms with E-state index in [0.29, 0.717) is 40.2 Å². The molecule has 6 nitrogen and oxygen atoms in total. The van der Waals surface area contributed by atoms with Crippen molar-refractivity contribution in [1.29, 1.82) is 0 Å². The van der Waals surface area contributed by atoms with Crippen LogP contribution >= 0.6 is 22.9 Å². The Labute approximate surface area is 182 Å². The molecule has 1 aliphatic rings. The van der Waals surface area contributed by atoms with E-state index < -0.39 is 0 Å². The van der Waals surface area contributed by atoms with Gasteiger partial charge in [0.15, 0.2) is 11.7 Å². The number of hydrogen-bond donors (Lipinski definition) is 1. The minimum absolute atomic E-state index is 0.0466. The van der Waals surface area contributed by atoms with E-state index in [0.717, 1.165) is 16.0 Å². The lowest BCUT2D eigenvalue weighted by Crippen LogP contribution is -2.33. The predicted molar refractivity (Wildman–Crippen MR) is 116 cm³/mol. The summed E-state index contributed by atoms with van der Waals surface area (Å²) in [6, 6.07) is 7.63. The summed E-state index contributed by atoms with van der Waals surface area (Å²) in [5.41, 5.74) is 2.53. The third kappa shape index (κ3) is 4.47. The fourth-order valence-electron chi connectivity index (χ4n) is 3.22. The zero-order valence-electron chi connectivity index (χ0n) is 16.4. The average Bonchev–Trinajstić information content (AvgIpc) is 3.43. The molecule has 8 heteroatoms. The van der Waals surface area contributed by atoms with Crippen LogP contribution in [0.5, 0.6) is 5.75 Å². The van der Waals surface area contributed by atoms with Crippen LogP contribution in [0.15, 0.2) is 41.0 Å². The van der Waals surface area contributed by atoms with Crippen LogP contribution in [0.3, 0.4) is 0 Å². The number of halogens is 1. The van der Waals surface area contributed by atoms with E-state index in [2.05, 4.69) is 10.3 Å². The molecule has 3 aromatic rings. The topological polar surface area (TPSA) is 81.4 Å². The number of fused-ring (bicyclic) bond motifs is 1. The number of carbonyl (C=O) groups is 2. The van der Waals surface area contributed by atoms with E-state index >= 15 is 0 Å². The summed E-state index contributed by atoms with van der Waals surface area (Å²) in [5.74, 6) is 1.00. The summed E-state index contributed by atoms with van der Waals surface area (Å²) in [6.45, 7) is 3.65. The Bertz CT molecular complexity index is 1150. The van der Waals surface area contributed by atoms with E-state index in [1.165, 1.54) is 23.7 Å². The van der Waals surface area contributed by atoms with Gasteiger partial charge in [-0.2, -0.15) is 0 Å². The molecular weight excluding hydrogens is 424 g/mol. The highest BCUT2D eigenvalue weighted by atomic mass is 35.5. The van der Waals surface area contributed by atoms with Gasteiger partial charge in [-0.05, 0) is 42.8 Å². The number of carbonyl (C=O) groups excluding carboxylic acids is 2. The van der Waals surface area contributed by atoms with E-state index in [1.807, 2.05) is 24.3 Å². The number of hydrogen-bond acceptors (Lipinski definition) is 6. The monoisotopic (exact) mass is 442 g/mol. The lowest BCUT2D eigenvalue weighted by Gasteiger charge is -2.11. The van der Waals surface area contributed by atoms with Crippen molar-refractivity contribution in [2.75, 3.05) is 6.54 Å². The molecule has 0 saturated heterocycles. The first-order chi connectivity index (χ1) is 14.4. The van der Waals surface area contributed by atoms with Crippen molar-refractivity contribution < 1.29 is 18.7 Å². The van der Waals surface area contributed by atoms with Crippen LogP contribution in [-0.2, 0) is 11.2 Å². The van der Waals surface area contributed by atoms with Crippen molar-refractivity contribution in [3.8, 4) is 16.2 Å². The molecule has 0 radical (unpaired) electrons. The lowest BCUT2D eigenvalue weighted by molar-refractivity contribution is -0.116. The molecule has 0 saturated carbocycles. The predicted octanol–water partition coefficient (Wildman–Crippen LogP) is 4.70. The summed E-state index contributed by atoms with van der Waals surface area (Å²) in [4.78, 5) is 29.4. The van der Waals surface area contributed by atoms with Crippen molar-refractivity contribution >= 4 is 40.7 Å². The van der Waals surface area contributed by atoms with Crippen LogP contribution in [0.2, 0.25) is 5.02 Å². The van der Waals surface area contributed by atoms with Gasteiger partial charge in [0, 0.05) is 29.9 Å². The van der Waals surface area contributed by atoms with Crippen molar-refractivity contribution in [3.05, 3.63) is 63.7 Å².